The van der Waals surface area contributed by atoms with Crippen molar-refractivity contribution in [2.24, 2.45) is 0 Å². The smallest absolute Gasteiger partial charge is 0.324 e. The minimum atomic E-state index is -0.486. The molecule has 150 valence electrons. The topological polar surface area (TPSA) is 126 Å². The van der Waals surface area contributed by atoms with Gasteiger partial charge >= 0.3 is 5.69 Å². The van der Waals surface area contributed by atoms with Crippen LogP contribution in [-0.2, 0) is 4.79 Å². The van der Waals surface area contributed by atoms with E-state index in [1.165, 1.54) is 6.92 Å². The summed E-state index contributed by atoms with van der Waals surface area (Å²) in [5.74, 6) is -0.170. The van der Waals surface area contributed by atoms with Crippen LogP contribution in [-0.4, -0.2) is 34.2 Å². The summed E-state index contributed by atoms with van der Waals surface area (Å²) < 4.78 is 4.85. The number of hydrogen-bond acceptors (Lipinski definition) is 8. The maximum atomic E-state index is 11.8. The van der Waals surface area contributed by atoms with Crippen molar-refractivity contribution < 1.29 is 14.3 Å². The summed E-state index contributed by atoms with van der Waals surface area (Å²) in [6, 6.07) is 8.65. The van der Waals surface area contributed by atoms with Crippen molar-refractivity contribution in [3.05, 3.63) is 40.4 Å². The van der Waals surface area contributed by atoms with Crippen molar-refractivity contribution in [1.82, 2.24) is 10.3 Å². The number of nitro groups is 1. The molecule has 2 heterocycles. The van der Waals surface area contributed by atoms with Crippen molar-refractivity contribution >= 4 is 45.4 Å². The summed E-state index contributed by atoms with van der Waals surface area (Å²) >= 11 is 0. The molecule has 1 fully saturated rings. The highest BCUT2D eigenvalue weighted by Gasteiger charge is 2.28. The Kier molecular flexibility index (Phi) is 4.98. The zero-order valence-electron chi connectivity index (χ0n) is 15.8. The summed E-state index contributed by atoms with van der Waals surface area (Å²) in [5.41, 5.74) is 2.69. The third-order valence-corrected chi connectivity index (χ3v) is 4.86. The second kappa shape index (κ2) is 7.74. The third kappa shape index (κ3) is 3.82. The summed E-state index contributed by atoms with van der Waals surface area (Å²) in [7, 11) is 0. The molecule has 0 bridgehead atoms. The van der Waals surface area contributed by atoms with Crippen molar-refractivity contribution in [3.63, 3.8) is 0 Å². The van der Waals surface area contributed by atoms with Gasteiger partial charge in [-0.15, -0.1) is 0 Å². The molecule has 10 heteroatoms. The van der Waals surface area contributed by atoms with Crippen LogP contribution in [0.1, 0.15) is 26.2 Å². The third-order valence-electron chi connectivity index (χ3n) is 4.86. The summed E-state index contributed by atoms with van der Waals surface area (Å²) in [6.45, 7) is 3.13. The van der Waals surface area contributed by atoms with E-state index in [9.17, 15) is 14.9 Å². The number of carbonyl (C=O) groups is 1. The molecular formula is C19H20N6O4. The van der Waals surface area contributed by atoms with Gasteiger partial charge < -0.3 is 15.5 Å². The number of piperidine rings is 1. The quantitative estimate of drug-likeness (QED) is 0.492. The normalized spacial score (nSPS) is 14.0. The van der Waals surface area contributed by atoms with Crippen LogP contribution in [0.2, 0.25) is 0 Å². The van der Waals surface area contributed by atoms with Gasteiger partial charge in [-0.1, -0.05) is 0 Å². The predicted molar refractivity (Wildman–Crippen MR) is 109 cm³/mol. The van der Waals surface area contributed by atoms with Gasteiger partial charge in [0.05, 0.1) is 10.6 Å². The highest BCUT2D eigenvalue weighted by Crippen LogP contribution is 2.40. The first-order chi connectivity index (χ1) is 14.0. The Hall–Kier alpha value is -3.69. The first-order valence-corrected chi connectivity index (χ1v) is 9.36. The van der Waals surface area contributed by atoms with E-state index < -0.39 is 4.92 Å². The molecule has 2 N–H and O–H groups in total. The van der Waals surface area contributed by atoms with E-state index in [0.29, 0.717) is 22.6 Å². The van der Waals surface area contributed by atoms with Crippen LogP contribution in [0.15, 0.2) is 35.0 Å². The Labute approximate surface area is 166 Å². The monoisotopic (exact) mass is 396 g/mol. The molecule has 10 nitrogen and oxygen atoms in total. The largest absolute Gasteiger partial charge is 0.370 e. The number of aromatic nitrogens is 2. The van der Waals surface area contributed by atoms with E-state index in [0.717, 1.165) is 38.0 Å². The second-order valence-corrected chi connectivity index (χ2v) is 6.94. The number of benzene rings is 2. The summed E-state index contributed by atoms with van der Waals surface area (Å²) in [5, 5.41) is 25.3. The summed E-state index contributed by atoms with van der Waals surface area (Å²) in [4.78, 5) is 24.6. The van der Waals surface area contributed by atoms with E-state index in [4.69, 9.17) is 4.63 Å². The molecule has 2 aromatic carbocycles. The number of rotatable bonds is 5. The van der Waals surface area contributed by atoms with Gasteiger partial charge in [0, 0.05) is 31.4 Å². The zero-order valence-corrected chi connectivity index (χ0v) is 15.8. The van der Waals surface area contributed by atoms with Gasteiger partial charge in [0.25, 0.3) is 0 Å². The van der Waals surface area contributed by atoms with E-state index in [2.05, 4.69) is 25.8 Å². The molecule has 0 spiro atoms. The van der Waals surface area contributed by atoms with Gasteiger partial charge in [-0.3, -0.25) is 14.9 Å². The van der Waals surface area contributed by atoms with Crippen LogP contribution >= 0.6 is 0 Å². The molecule has 3 aromatic rings. The minimum absolute atomic E-state index is 0.121. The Morgan fingerprint density at radius 3 is 2.41 bits per heavy atom. The molecule has 0 aliphatic carbocycles. The van der Waals surface area contributed by atoms with Gasteiger partial charge in [-0.25, -0.2) is 4.63 Å². The number of anilines is 4. The van der Waals surface area contributed by atoms with Crippen LogP contribution in [0.5, 0.6) is 0 Å². The zero-order chi connectivity index (χ0) is 20.4. The number of nitrogens with one attached hydrogen (secondary N) is 2. The van der Waals surface area contributed by atoms with Crippen LogP contribution in [0, 0.1) is 10.1 Å². The lowest BCUT2D eigenvalue weighted by atomic mass is 10.1. The SMILES string of the molecule is CC(=O)Nc1ccc(Nc2cc(N3CCCCC3)c3nonc3c2[N+](=O)[O-])cc1. The van der Waals surface area contributed by atoms with E-state index in [1.54, 1.807) is 30.3 Å². The number of nitro benzene ring substituents is 1. The van der Waals surface area contributed by atoms with E-state index in [-0.39, 0.29) is 17.1 Å². The van der Waals surface area contributed by atoms with Crippen LogP contribution in [0.4, 0.5) is 28.4 Å². The molecule has 4 rings (SSSR count). The fraction of sp³-hybridized carbons (Fsp3) is 0.316. The Bertz CT molecular complexity index is 1060. The highest BCUT2D eigenvalue weighted by atomic mass is 16.6. The Morgan fingerprint density at radius 2 is 1.76 bits per heavy atom. The van der Waals surface area contributed by atoms with Crippen LogP contribution in [0.25, 0.3) is 11.0 Å². The molecule has 0 saturated carbocycles. The molecule has 1 saturated heterocycles. The number of nitrogens with zero attached hydrogens (tertiary/aromatic N) is 4. The molecule has 0 atom stereocenters. The molecule has 1 aromatic heterocycles. The highest BCUT2D eigenvalue weighted by molar-refractivity contribution is 6.00. The first kappa shape index (κ1) is 18.7. The minimum Gasteiger partial charge on any atom is -0.370 e. The van der Waals surface area contributed by atoms with Gasteiger partial charge in [-0.2, -0.15) is 0 Å². The standard InChI is InChI=1S/C19H20N6O4/c1-12(26)20-13-5-7-14(8-6-13)21-15-11-16(24-9-3-2-4-10-24)17-18(23-29-22-17)19(15)25(27)28/h5-8,11,21H,2-4,9-10H2,1H3,(H,20,26). The van der Waals surface area contributed by atoms with Gasteiger partial charge in [-0.05, 0) is 59.9 Å². The number of amides is 1. The summed E-state index contributed by atoms with van der Waals surface area (Å²) in [6.07, 6.45) is 3.27. The van der Waals surface area contributed by atoms with Crippen molar-refractivity contribution in [2.75, 3.05) is 28.6 Å². The maximum Gasteiger partial charge on any atom is 0.324 e. The van der Waals surface area contributed by atoms with Gasteiger partial charge in [0.2, 0.25) is 11.4 Å². The molecule has 1 aliphatic rings. The number of carbonyl (C=O) groups excluding carboxylic acids is 1. The fourth-order valence-electron chi connectivity index (χ4n) is 3.56. The average molecular weight is 396 g/mol. The van der Waals surface area contributed by atoms with Crippen LogP contribution in [0.3, 0.4) is 0 Å². The van der Waals surface area contributed by atoms with E-state index in [1.807, 2.05) is 0 Å². The lowest BCUT2D eigenvalue weighted by molar-refractivity contribution is -0.382. The van der Waals surface area contributed by atoms with Gasteiger partial charge in [0.1, 0.15) is 5.69 Å². The molecule has 0 unspecified atom stereocenters. The number of hydrogen-bond donors (Lipinski definition) is 2. The lowest BCUT2D eigenvalue weighted by Crippen LogP contribution is -2.29. The molecule has 1 amide bonds. The molecule has 1 aliphatic heterocycles. The van der Waals surface area contributed by atoms with Crippen LogP contribution < -0.4 is 15.5 Å². The lowest BCUT2D eigenvalue weighted by Gasteiger charge is -2.29. The number of fused-ring (bicyclic) bond motifs is 1. The Balaban J connectivity index is 1.74. The molecule has 0 radical (unpaired) electrons. The fourth-order valence-corrected chi connectivity index (χ4v) is 3.56. The molecule has 29 heavy (non-hydrogen) atoms. The van der Waals surface area contributed by atoms with Crippen molar-refractivity contribution in [2.45, 2.75) is 26.2 Å². The molecular weight excluding hydrogens is 376 g/mol. The van der Waals surface area contributed by atoms with Gasteiger partial charge in [0.15, 0.2) is 5.52 Å². The maximum absolute atomic E-state index is 11.8. The first-order valence-electron chi connectivity index (χ1n) is 9.36. The predicted octanol–water partition coefficient (Wildman–Crippen LogP) is 3.82. The Morgan fingerprint density at radius 1 is 1.10 bits per heavy atom. The van der Waals surface area contributed by atoms with Crippen molar-refractivity contribution in [1.29, 1.82) is 0 Å². The average Bonchev–Trinajstić information content (AvgIpc) is 3.18. The van der Waals surface area contributed by atoms with E-state index >= 15 is 0 Å². The second-order valence-electron chi connectivity index (χ2n) is 6.94. The van der Waals surface area contributed by atoms with Crippen molar-refractivity contribution in [3.8, 4) is 0 Å².